The van der Waals surface area contributed by atoms with E-state index in [1.165, 1.54) is 0 Å². The van der Waals surface area contributed by atoms with Gasteiger partial charge in [0.25, 0.3) is 0 Å². The van der Waals surface area contributed by atoms with Crippen LogP contribution in [0.5, 0.6) is 5.75 Å². The maximum atomic E-state index is 12.3. The molecule has 6 aromatic carbocycles. The number of benzene rings is 6. The van der Waals surface area contributed by atoms with Crippen molar-refractivity contribution < 1.29 is 29.3 Å². The minimum atomic E-state index is -0.708. The second kappa shape index (κ2) is 27.5. The van der Waals surface area contributed by atoms with Crippen molar-refractivity contribution >= 4 is 58.1 Å². The van der Waals surface area contributed by atoms with E-state index in [2.05, 4.69) is 22.3 Å². The second-order valence-corrected chi connectivity index (χ2v) is 15.6. The van der Waals surface area contributed by atoms with Crippen LogP contribution in [0.3, 0.4) is 0 Å². The maximum absolute atomic E-state index is 12.3. The maximum Gasteiger partial charge on any atom is 0.320 e. The Hall–Kier alpha value is -5.59. The number of aliphatic hydroxyl groups is 1. The van der Waals surface area contributed by atoms with Gasteiger partial charge in [0.15, 0.2) is 0 Å². The Labute approximate surface area is 385 Å². The van der Waals surface area contributed by atoms with Crippen LogP contribution in [0.1, 0.15) is 48.2 Å². The van der Waals surface area contributed by atoms with E-state index in [0.717, 1.165) is 27.9 Å². The van der Waals surface area contributed by atoms with Crippen LogP contribution in [0.4, 0.5) is 11.4 Å². The van der Waals surface area contributed by atoms with Gasteiger partial charge in [0.2, 0.25) is 0 Å². The van der Waals surface area contributed by atoms with Gasteiger partial charge in [-0.3, -0.25) is 19.4 Å². The van der Waals surface area contributed by atoms with E-state index in [4.69, 9.17) is 55.1 Å². The van der Waals surface area contributed by atoms with Crippen LogP contribution in [0.25, 0.3) is 0 Å². The van der Waals surface area contributed by atoms with Crippen molar-refractivity contribution in [3.63, 3.8) is 0 Å². The Bertz CT molecular complexity index is 2180. The summed E-state index contributed by atoms with van der Waals surface area (Å²) in [5.74, 6) is -0.282. The van der Waals surface area contributed by atoms with Crippen LogP contribution in [-0.4, -0.2) is 71.3 Å². The number of halogens is 3. The van der Waals surface area contributed by atoms with Crippen molar-refractivity contribution in [2.24, 2.45) is 0 Å². The fraction of sp³-hybridized carbons (Fsp3) is 0.240. The first kappa shape index (κ1) is 50.1. The lowest BCUT2D eigenvalue weighted by Gasteiger charge is -2.29. The number of anilines is 2. The zero-order chi connectivity index (χ0) is 45.4. The fourth-order valence-electron chi connectivity index (χ4n) is 6.28. The van der Waals surface area contributed by atoms with Gasteiger partial charge in [-0.15, -0.1) is 0 Å². The first-order chi connectivity index (χ1) is 30.4. The highest BCUT2D eigenvalue weighted by Gasteiger charge is 2.21. The predicted molar refractivity (Wildman–Crippen MR) is 255 cm³/mol. The monoisotopic (exact) mass is 912 g/mol. The molecule has 0 unspecified atom stereocenters. The van der Waals surface area contributed by atoms with Gasteiger partial charge in [-0.25, -0.2) is 0 Å². The predicted octanol–water partition coefficient (Wildman–Crippen LogP) is 10.6. The first-order valence-electron chi connectivity index (χ1n) is 20.5. The van der Waals surface area contributed by atoms with Crippen molar-refractivity contribution in [3.8, 4) is 5.75 Å². The van der Waals surface area contributed by atoms with Crippen LogP contribution in [-0.2, 0) is 32.2 Å². The molecule has 6 rings (SSSR count). The number of nitrogens with two attached hydrogens (primary N) is 1. The number of phenols is 1. The molecule has 0 aliphatic heterocycles. The Morgan fingerprint density at radius 1 is 0.587 bits per heavy atom. The molecule has 0 spiro atoms. The molecule has 63 heavy (non-hydrogen) atoms. The number of hydrogen-bond acceptors (Lipinski definition) is 10. The zero-order valence-corrected chi connectivity index (χ0v) is 37.7. The Balaban J connectivity index is 0.000000240. The van der Waals surface area contributed by atoms with E-state index in [0.29, 0.717) is 60.1 Å². The molecular formula is C50H55Cl3N4O6. The summed E-state index contributed by atoms with van der Waals surface area (Å²) in [6.45, 7) is 6.76. The number of aliphatic hydroxyl groups excluding tert-OH is 1. The second-order valence-electron chi connectivity index (χ2n) is 14.3. The summed E-state index contributed by atoms with van der Waals surface area (Å²) in [4.78, 5) is 28.1. The van der Waals surface area contributed by atoms with Crippen LogP contribution in [0, 0.1) is 0 Å². The average molecular weight is 914 g/mol. The number of nitrogens with one attached hydrogen (secondary N) is 1. The summed E-state index contributed by atoms with van der Waals surface area (Å²) in [5, 5.41) is 24.7. The number of carbonyl (C=O) groups excluding carboxylic acids is 2. The lowest BCUT2D eigenvalue weighted by atomic mass is 10.1. The molecule has 0 aliphatic rings. The SMILES string of the molecule is CCOC(=O)CN(Cc1ccccc1)C[C@H](Nc1ccc(Cl)cc1)c1ccc(Cl)cc1.CCOC(=O)CN(Cc1ccccc1)C[C@H](O)c1ccc(Cl)cc1.Nc1ccc(O)cc1. The molecule has 10 nitrogen and oxygen atoms in total. The summed E-state index contributed by atoms with van der Waals surface area (Å²) in [6, 6.07) is 48.7. The molecule has 0 saturated carbocycles. The topological polar surface area (TPSA) is 138 Å². The van der Waals surface area contributed by atoms with Crippen molar-refractivity contribution in [1.82, 2.24) is 9.80 Å². The summed E-state index contributed by atoms with van der Waals surface area (Å²) >= 11 is 18.0. The summed E-state index contributed by atoms with van der Waals surface area (Å²) < 4.78 is 10.2. The largest absolute Gasteiger partial charge is 0.508 e. The summed E-state index contributed by atoms with van der Waals surface area (Å²) in [5.41, 5.74) is 11.0. The van der Waals surface area contributed by atoms with Crippen LogP contribution in [0.15, 0.2) is 158 Å². The Morgan fingerprint density at radius 2 is 1.00 bits per heavy atom. The fourth-order valence-corrected chi connectivity index (χ4v) is 6.65. The molecule has 2 atom stereocenters. The van der Waals surface area contributed by atoms with E-state index < -0.39 is 6.10 Å². The molecule has 0 fully saturated rings. The minimum absolute atomic E-state index is 0.0726. The van der Waals surface area contributed by atoms with Gasteiger partial charge in [-0.1, -0.05) is 120 Å². The summed E-state index contributed by atoms with van der Waals surface area (Å²) in [7, 11) is 0. The quantitative estimate of drug-likeness (QED) is 0.0375. The number of aromatic hydroxyl groups is 1. The number of esters is 2. The third-order valence-electron chi connectivity index (χ3n) is 9.29. The molecule has 0 aliphatic carbocycles. The van der Waals surface area contributed by atoms with Gasteiger partial charge in [-0.2, -0.15) is 0 Å². The zero-order valence-electron chi connectivity index (χ0n) is 35.5. The van der Waals surface area contributed by atoms with E-state index >= 15 is 0 Å². The summed E-state index contributed by atoms with van der Waals surface area (Å²) in [6.07, 6.45) is -0.708. The number of ether oxygens (including phenoxy) is 2. The number of nitrogens with zero attached hydrogens (tertiary/aromatic N) is 2. The average Bonchev–Trinajstić information content (AvgIpc) is 3.27. The van der Waals surface area contributed by atoms with Crippen molar-refractivity contribution in [3.05, 3.63) is 195 Å². The smallest absolute Gasteiger partial charge is 0.320 e. The highest BCUT2D eigenvalue weighted by Crippen LogP contribution is 2.25. The van der Waals surface area contributed by atoms with Gasteiger partial charge < -0.3 is 30.7 Å². The van der Waals surface area contributed by atoms with Gasteiger partial charge in [0.05, 0.1) is 38.4 Å². The van der Waals surface area contributed by atoms with E-state index in [1.54, 1.807) is 55.5 Å². The van der Waals surface area contributed by atoms with Gasteiger partial charge >= 0.3 is 11.9 Å². The number of carbonyl (C=O) groups is 2. The van der Waals surface area contributed by atoms with Crippen LogP contribution < -0.4 is 11.1 Å². The Kier molecular flexibility index (Phi) is 21.8. The standard InChI is InChI=1S/C25H26Cl2N2O2.C19H22ClNO3.C6H7NO/c1-2-31-25(30)18-29(16-19-6-4-3-5-7-19)17-24(20-8-10-21(26)11-9-20)28-23-14-12-22(27)13-15-23;1-2-24-19(23)14-21(12-15-6-4-3-5-7-15)13-18(22)16-8-10-17(20)11-9-16;7-5-1-3-6(8)4-2-5/h3-15,24,28H,2,16-18H2,1H3;3-11,18,22H,2,12-14H2,1H3;1-4,8H,7H2/t24-;18-;/m00./s1. The van der Waals surface area contributed by atoms with Crippen LogP contribution in [0.2, 0.25) is 15.1 Å². The van der Waals surface area contributed by atoms with E-state index in [-0.39, 0.29) is 36.8 Å². The molecule has 0 radical (unpaired) electrons. The number of rotatable bonds is 18. The lowest BCUT2D eigenvalue weighted by molar-refractivity contribution is -0.145. The highest BCUT2D eigenvalue weighted by molar-refractivity contribution is 6.31. The van der Waals surface area contributed by atoms with E-state index in [9.17, 15) is 14.7 Å². The minimum Gasteiger partial charge on any atom is -0.508 e. The number of phenolic OH excluding ortho intramolecular Hbond substituents is 1. The Morgan fingerprint density at radius 3 is 1.43 bits per heavy atom. The number of hydrogen-bond donors (Lipinski definition) is 4. The van der Waals surface area contributed by atoms with Gasteiger partial charge in [0, 0.05) is 52.6 Å². The highest BCUT2D eigenvalue weighted by atomic mass is 35.5. The van der Waals surface area contributed by atoms with Gasteiger partial charge in [-0.05, 0) is 109 Å². The van der Waals surface area contributed by atoms with Crippen LogP contribution >= 0.6 is 34.8 Å². The molecule has 0 aromatic heterocycles. The van der Waals surface area contributed by atoms with Crippen molar-refractivity contribution in [2.75, 3.05) is 50.4 Å². The molecule has 0 amide bonds. The molecule has 0 saturated heterocycles. The molecule has 13 heteroatoms. The first-order valence-corrected chi connectivity index (χ1v) is 21.6. The molecule has 0 bridgehead atoms. The molecule has 5 N–H and O–H groups in total. The van der Waals surface area contributed by atoms with Crippen molar-refractivity contribution in [2.45, 2.75) is 39.1 Å². The van der Waals surface area contributed by atoms with Crippen molar-refractivity contribution in [1.29, 1.82) is 0 Å². The molecule has 332 valence electrons. The van der Waals surface area contributed by atoms with E-state index in [1.807, 2.05) is 109 Å². The lowest BCUT2D eigenvalue weighted by Crippen LogP contribution is -2.36. The third kappa shape index (κ3) is 19.6. The normalized spacial score (nSPS) is 11.6. The number of nitrogen functional groups attached to an aromatic ring is 1. The molecular weight excluding hydrogens is 859 g/mol. The van der Waals surface area contributed by atoms with Gasteiger partial charge in [0.1, 0.15) is 5.75 Å². The third-order valence-corrected chi connectivity index (χ3v) is 10.0. The molecule has 6 aromatic rings. The molecule has 0 heterocycles.